The summed E-state index contributed by atoms with van der Waals surface area (Å²) < 4.78 is 55.4. The number of rotatable bonds is 7. The first-order valence-electron chi connectivity index (χ1n) is 12.7. The minimum Gasteiger partial charge on any atom is -0.305 e. The zero-order valence-electron chi connectivity index (χ0n) is 24.0. The molecule has 0 unspecified atom stereocenters. The van der Waals surface area contributed by atoms with E-state index >= 15 is 0 Å². The Hall–Kier alpha value is -3.92. The number of benzene rings is 3. The van der Waals surface area contributed by atoms with Gasteiger partial charge in [-0.3, -0.25) is 14.1 Å². The summed E-state index contributed by atoms with van der Waals surface area (Å²) in [7, 11) is -3.90. The van der Waals surface area contributed by atoms with Crippen molar-refractivity contribution < 1.29 is 25.9 Å². The largest absolute Gasteiger partial charge is 0.394 e. The molecule has 0 radical (unpaired) electrons. The number of aromatic nitrogens is 1. The summed E-state index contributed by atoms with van der Waals surface area (Å²) in [4.78, 5) is 7.05. The number of hydrogen-bond acceptors (Lipinski definition) is 7. The molecule has 1 aromatic heterocycles. The van der Waals surface area contributed by atoms with Gasteiger partial charge < -0.3 is 4.90 Å². The minimum atomic E-state index is -4.67. The predicted octanol–water partition coefficient (Wildman–Crippen LogP) is 5.56. The molecule has 220 valence electrons. The van der Waals surface area contributed by atoms with Crippen molar-refractivity contribution in [3.8, 4) is 17.2 Å². The van der Waals surface area contributed by atoms with E-state index in [0.717, 1.165) is 44.3 Å². The van der Waals surface area contributed by atoms with Crippen LogP contribution in [0.1, 0.15) is 30.5 Å². The van der Waals surface area contributed by atoms with Crippen molar-refractivity contribution in [2.75, 3.05) is 26.9 Å². The van der Waals surface area contributed by atoms with Gasteiger partial charge in [0.2, 0.25) is 0 Å². The van der Waals surface area contributed by atoms with Gasteiger partial charge in [0.05, 0.1) is 21.9 Å². The van der Waals surface area contributed by atoms with Gasteiger partial charge in [-0.15, -0.1) is 0 Å². The highest BCUT2D eigenvalue weighted by atomic mass is 32.3. The van der Waals surface area contributed by atoms with E-state index in [9.17, 15) is 13.7 Å². The van der Waals surface area contributed by atoms with Gasteiger partial charge in [0.25, 0.3) is 0 Å². The Morgan fingerprint density at radius 2 is 1.62 bits per heavy atom. The quantitative estimate of drug-likeness (QED) is 0.204. The first-order valence-corrected chi connectivity index (χ1v) is 16.0. The molecule has 1 heterocycles. The monoisotopic (exact) mass is 607 g/mol. The van der Waals surface area contributed by atoms with Gasteiger partial charge in [0.15, 0.2) is 9.84 Å². The van der Waals surface area contributed by atoms with E-state index in [4.69, 9.17) is 17.5 Å². The third-order valence-corrected chi connectivity index (χ3v) is 7.51. The van der Waals surface area contributed by atoms with E-state index in [1.807, 2.05) is 64.3 Å². The zero-order chi connectivity index (χ0) is 31.3. The molecule has 0 aliphatic carbocycles. The van der Waals surface area contributed by atoms with Crippen molar-refractivity contribution in [1.29, 1.82) is 5.26 Å². The van der Waals surface area contributed by atoms with E-state index in [0.29, 0.717) is 11.4 Å². The zero-order valence-corrected chi connectivity index (χ0v) is 25.6. The minimum absolute atomic E-state index is 0.307. The van der Waals surface area contributed by atoms with Crippen LogP contribution in [-0.4, -0.2) is 62.7 Å². The summed E-state index contributed by atoms with van der Waals surface area (Å²) in [6.45, 7) is 4.55. The number of nitriles is 1. The Kier molecular flexibility index (Phi) is 10.0. The number of nitrogens with zero attached hydrogens (tertiary/aromatic N) is 3. The van der Waals surface area contributed by atoms with Gasteiger partial charge in [0, 0.05) is 29.9 Å². The van der Waals surface area contributed by atoms with Crippen molar-refractivity contribution >= 4 is 42.8 Å². The first kappa shape index (κ1) is 32.6. The molecular formula is C31H33N3O6S2. The van der Waals surface area contributed by atoms with Crippen molar-refractivity contribution in [1.82, 2.24) is 9.88 Å². The maximum atomic E-state index is 11.9. The summed E-state index contributed by atoms with van der Waals surface area (Å²) in [5.74, 6) is 0. The maximum Gasteiger partial charge on any atom is 0.394 e. The molecule has 0 aliphatic heterocycles. The molecule has 2 N–H and O–H groups in total. The third-order valence-electron chi connectivity index (χ3n) is 6.38. The van der Waals surface area contributed by atoms with Crippen LogP contribution in [0.5, 0.6) is 0 Å². The Morgan fingerprint density at radius 3 is 2.19 bits per heavy atom. The molecule has 11 heteroatoms. The highest BCUT2D eigenvalue weighted by Gasteiger charge is 2.22. The lowest BCUT2D eigenvalue weighted by Crippen LogP contribution is -2.14. The molecule has 0 atom stereocenters. The second-order valence-corrected chi connectivity index (χ2v) is 13.5. The molecule has 4 rings (SSSR count). The van der Waals surface area contributed by atoms with Crippen LogP contribution in [0.15, 0.2) is 83.9 Å². The van der Waals surface area contributed by atoms with Crippen LogP contribution in [0.3, 0.4) is 0 Å². The lowest BCUT2D eigenvalue weighted by atomic mass is 9.83. The molecule has 0 fully saturated rings. The number of sulfone groups is 1. The Labute approximate surface area is 247 Å². The summed E-state index contributed by atoms with van der Waals surface area (Å²) in [6.07, 6.45) is 5.15. The van der Waals surface area contributed by atoms with E-state index in [2.05, 4.69) is 46.3 Å². The van der Waals surface area contributed by atoms with Crippen LogP contribution in [0.25, 0.3) is 33.7 Å². The molecule has 3 aromatic carbocycles. The summed E-state index contributed by atoms with van der Waals surface area (Å²) in [5.41, 5.74) is 6.28. The topological polar surface area (TPSA) is 149 Å². The lowest BCUT2D eigenvalue weighted by Gasteiger charge is -2.19. The number of fused-ring (bicyclic) bond motifs is 1. The molecule has 4 aromatic rings. The maximum absolute atomic E-state index is 11.9. The number of hydrogen-bond donors (Lipinski definition) is 2. The molecule has 0 amide bonds. The SMILES string of the molecule is CN(C)C/C(=C\c1cccc(-c2cc(C(C)(C)C#N)cc3cccnc23)c1)c1ccc(S(C)(=O)=O)cc1.O=S(=O)(O)O. The fraction of sp³-hybridized carbons (Fsp3) is 0.226. The van der Waals surface area contributed by atoms with Crippen LogP contribution >= 0.6 is 0 Å². The van der Waals surface area contributed by atoms with E-state index in [1.165, 1.54) is 6.26 Å². The Balaban J connectivity index is 0.000000892. The fourth-order valence-corrected chi connectivity index (χ4v) is 4.94. The summed E-state index contributed by atoms with van der Waals surface area (Å²) in [6, 6.07) is 25.8. The van der Waals surface area contributed by atoms with Gasteiger partial charge in [0.1, 0.15) is 0 Å². The van der Waals surface area contributed by atoms with Crippen LogP contribution in [0.2, 0.25) is 0 Å². The standard InChI is InChI=1S/C31H31N3O2S.H2O4S/c1-31(2,21-32)27-18-25-10-7-15-33-30(25)29(19-27)24-9-6-8-22(16-24)17-26(20-34(3)4)23-11-13-28(14-12-23)37(5,35)36;1-5(2,3)4/h6-19H,20H2,1-5H3;(H2,1,2,3,4)/b26-17+;. The smallest absolute Gasteiger partial charge is 0.305 e. The molecule has 9 nitrogen and oxygen atoms in total. The van der Waals surface area contributed by atoms with Gasteiger partial charge >= 0.3 is 10.4 Å². The van der Waals surface area contributed by atoms with Crippen LogP contribution in [0.4, 0.5) is 0 Å². The van der Waals surface area contributed by atoms with Crippen molar-refractivity contribution in [2.24, 2.45) is 0 Å². The van der Waals surface area contributed by atoms with E-state index < -0.39 is 25.7 Å². The van der Waals surface area contributed by atoms with Crippen LogP contribution < -0.4 is 0 Å². The average molecular weight is 608 g/mol. The van der Waals surface area contributed by atoms with Crippen molar-refractivity contribution in [3.63, 3.8) is 0 Å². The van der Waals surface area contributed by atoms with Crippen molar-refractivity contribution in [2.45, 2.75) is 24.2 Å². The van der Waals surface area contributed by atoms with Gasteiger partial charge in [-0.2, -0.15) is 13.7 Å². The van der Waals surface area contributed by atoms with Gasteiger partial charge in [-0.1, -0.05) is 36.4 Å². The fourth-order valence-electron chi connectivity index (χ4n) is 4.31. The molecule has 42 heavy (non-hydrogen) atoms. The van der Waals surface area contributed by atoms with Gasteiger partial charge in [-0.25, -0.2) is 8.42 Å². The molecule has 0 saturated heterocycles. The Morgan fingerprint density at radius 1 is 0.976 bits per heavy atom. The predicted molar refractivity (Wildman–Crippen MR) is 166 cm³/mol. The highest BCUT2D eigenvalue weighted by molar-refractivity contribution is 7.90. The number of likely N-dealkylation sites (N-methyl/N-ethyl adjacent to an activating group) is 1. The Bertz CT molecular complexity index is 1870. The molecule has 0 bridgehead atoms. The van der Waals surface area contributed by atoms with Crippen LogP contribution in [0, 0.1) is 11.3 Å². The molecule has 0 saturated carbocycles. The second-order valence-electron chi connectivity index (χ2n) is 10.6. The van der Waals surface area contributed by atoms with Crippen LogP contribution in [-0.2, 0) is 25.7 Å². The first-order chi connectivity index (χ1) is 19.5. The summed E-state index contributed by atoms with van der Waals surface area (Å²) in [5, 5.41) is 10.8. The average Bonchev–Trinajstić information content (AvgIpc) is 2.90. The number of pyridine rings is 1. The molecule has 0 spiro atoms. The highest BCUT2D eigenvalue weighted by Crippen LogP contribution is 2.34. The molecular weight excluding hydrogens is 574 g/mol. The molecule has 0 aliphatic rings. The normalized spacial score (nSPS) is 12.5. The summed E-state index contributed by atoms with van der Waals surface area (Å²) >= 11 is 0. The van der Waals surface area contributed by atoms with Crippen molar-refractivity contribution in [3.05, 3.63) is 95.7 Å². The second kappa shape index (κ2) is 12.9. The van der Waals surface area contributed by atoms with E-state index in [-0.39, 0.29) is 0 Å². The third kappa shape index (κ3) is 9.04. The van der Waals surface area contributed by atoms with Gasteiger partial charge in [-0.05, 0) is 98.2 Å². The lowest BCUT2D eigenvalue weighted by molar-refractivity contribution is 0.381. The van der Waals surface area contributed by atoms with E-state index in [1.54, 1.807) is 18.3 Å².